The molecular formula is C18H20N6O. The molecule has 4 rings (SSSR count). The summed E-state index contributed by atoms with van der Waals surface area (Å²) >= 11 is 0. The fourth-order valence-corrected chi connectivity index (χ4v) is 3.56. The Bertz CT molecular complexity index is 905. The fourth-order valence-electron chi connectivity index (χ4n) is 3.56. The first-order valence-corrected chi connectivity index (χ1v) is 8.59. The minimum Gasteiger partial charge on any atom is -0.340 e. The lowest BCUT2D eigenvalue weighted by Crippen LogP contribution is -2.33. The summed E-state index contributed by atoms with van der Waals surface area (Å²) in [5.41, 5.74) is 2.72. The standard InChI is InChI=1S/C18H20N6O/c1-13(25)23-8-2-4-15(23)6-5-14-10-16(22-12-21-14)17-11-20-18-19-7-3-9-24(17)18/h3,7,9-12,15H,2,4-6,8H2,1H3. The van der Waals surface area contributed by atoms with Gasteiger partial charge in [0.05, 0.1) is 17.6 Å². The molecule has 1 aliphatic rings. The SMILES string of the molecule is CC(=O)N1CCCC1CCc1cc(-c2cnc3ncccn23)ncn1. The highest BCUT2D eigenvalue weighted by Gasteiger charge is 2.26. The topological polar surface area (TPSA) is 76.3 Å². The van der Waals surface area contributed by atoms with Gasteiger partial charge in [0, 0.05) is 37.6 Å². The Labute approximate surface area is 145 Å². The van der Waals surface area contributed by atoms with Gasteiger partial charge in [-0.2, -0.15) is 0 Å². The summed E-state index contributed by atoms with van der Waals surface area (Å²) in [4.78, 5) is 31.0. The Morgan fingerprint density at radius 2 is 2.20 bits per heavy atom. The number of rotatable bonds is 4. The van der Waals surface area contributed by atoms with Gasteiger partial charge in [0.25, 0.3) is 0 Å². The molecule has 4 heterocycles. The molecule has 1 unspecified atom stereocenters. The number of fused-ring (bicyclic) bond motifs is 1. The van der Waals surface area contributed by atoms with Crippen molar-refractivity contribution >= 4 is 11.7 Å². The number of carbonyl (C=O) groups is 1. The molecule has 0 spiro atoms. The van der Waals surface area contributed by atoms with E-state index in [0.29, 0.717) is 11.8 Å². The Hall–Kier alpha value is -2.83. The molecule has 3 aromatic heterocycles. The van der Waals surface area contributed by atoms with Crippen molar-refractivity contribution in [2.75, 3.05) is 6.54 Å². The maximum Gasteiger partial charge on any atom is 0.234 e. The van der Waals surface area contributed by atoms with Gasteiger partial charge in [-0.15, -0.1) is 0 Å². The fraction of sp³-hybridized carbons (Fsp3) is 0.389. The van der Waals surface area contributed by atoms with E-state index < -0.39 is 0 Å². The summed E-state index contributed by atoms with van der Waals surface area (Å²) in [6, 6.07) is 4.20. The van der Waals surface area contributed by atoms with Gasteiger partial charge in [-0.25, -0.2) is 19.9 Å². The van der Waals surface area contributed by atoms with Crippen molar-refractivity contribution in [2.45, 2.75) is 38.6 Å². The predicted molar refractivity (Wildman–Crippen MR) is 92.7 cm³/mol. The molecule has 0 aliphatic carbocycles. The maximum atomic E-state index is 11.7. The first-order valence-electron chi connectivity index (χ1n) is 8.59. The van der Waals surface area contributed by atoms with Crippen molar-refractivity contribution in [3.63, 3.8) is 0 Å². The summed E-state index contributed by atoms with van der Waals surface area (Å²) in [6.07, 6.45) is 11.0. The smallest absolute Gasteiger partial charge is 0.234 e. The maximum absolute atomic E-state index is 11.7. The van der Waals surface area contributed by atoms with E-state index in [-0.39, 0.29) is 5.91 Å². The molecule has 0 bridgehead atoms. The van der Waals surface area contributed by atoms with E-state index >= 15 is 0 Å². The Kier molecular flexibility index (Phi) is 4.13. The highest BCUT2D eigenvalue weighted by molar-refractivity contribution is 5.73. The zero-order chi connectivity index (χ0) is 17.2. The second-order valence-electron chi connectivity index (χ2n) is 6.37. The first-order chi connectivity index (χ1) is 12.2. The number of aromatic nitrogens is 5. The average molecular weight is 336 g/mol. The molecule has 7 nitrogen and oxygen atoms in total. The molecule has 128 valence electrons. The summed E-state index contributed by atoms with van der Waals surface area (Å²) in [5, 5.41) is 0. The third kappa shape index (κ3) is 3.09. The van der Waals surface area contributed by atoms with Crippen LogP contribution in [0.4, 0.5) is 0 Å². The summed E-state index contributed by atoms with van der Waals surface area (Å²) in [5.74, 6) is 0.824. The van der Waals surface area contributed by atoms with Crippen LogP contribution in [0.25, 0.3) is 17.2 Å². The molecular weight excluding hydrogens is 316 g/mol. The van der Waals surface area contributed by atoms with Crippen LogP contribution in [0.5, 0.6) is 0 Å². The second-order valence-corrected chi connectivity index (χ2v) is 6.37. The molecule has 25 heavy (non-hydrogen) atoms. The number of imidazole rings is 1. The number of aryl methyl sites for hydroxylation is 1. The van der Waals surface area contributed by atoms with Gasteiger partial charge in [-0.3, -0.25) is 9.20 Å². The molecule has 1 fully saturated rings. The highest BCUT2D eigenvalue weighted by atomic mass is 16.2. The van der Waals surface area contributed by atoms with Crippen LogP contribution < -0.4 is 0 Å². The number of hydrogen-bond donors (Lipinski definition) is 0. The second kappa shape index (κ2) is 6.58. The van der Waals surface area contributed by atoms with Gasteiger partial charge in [0.15, 0.2) is 0 Å². The number of nitrogens with zero attached hydrogens (tertiary/aromatic N) is 6. The van der Waals surface area contributed by atoms with Gasteiger partial charge in [0.2, 0.25) is 11.7 Å². The third-order valence-electron chi connectivity index (χ3n) is 4.79. The van der Waals surface area contributed by atoms with Gasteiger partial charge in [0.1, 0.15) is 6.33 Å². The van der Waals surface area contributed by atoms with E-state index in [1.807, 2.05) is 27.6 Å². The number of carbonyl (C=O) groups excluding carboxylic acids is 1. The van der Waals surface area contributed by atoms with Crippen LogP contribution in [0.3, 0.4) is 0 Å². The average Bonchev–Trinajstić information content (AvgIpc) is 3.27. The van der Waals surface area contributed by atoms with Gasteiger partial charge in [-0.1, -0.05) is 0 Å². The first kappa shape index (κ1) is 15.7. The normalized spacial score (nSPS) is 17.3. The summed E-state index contributed by atoms with van der Waals surface area (Å²) in [7, 11) is 0. The van der Waals surface area contributed by atoms with E-state index in [1.54, 1.807) is 25.6 Å². The van der Waals surface area contributed by atoms with E-state index in [0.717, 1.165) is 49.3 Å². The van der Waals surface area contributed by atoms with Crippen molar-refractivity contribution in [2.24, 2.45) is 0 Å². The molecule has 1 atom stereocenters. The lowest BCUT2D eigenvalue weighted by atomic mass is 10.1. The molecule has 1 aliphatic heterocycles. The van der Waals surface area contributed by atoms with Crippen molar-refractivity contribution in [3.8, 4) is 11.4 Å². The highest BCUT2D eigenvalue weighted by Crippen LogP contribution is 2.23. The molecule has 0 saturated carbocycles. The lowest BCUT2D eigenvalue weighted by molar-refractivity contribution is -0.129. The van der Waals surface area contributed by atoms with E-state index in [4.69, 9.17) is 0 Å². The van der Waals surface area contributed by atoms with Gasteiger partial charge < -0.3 is 4.90 Å². The van der Waals surface area contributed by atoms with Crippen molar-refractivity contribution in [3.05, 3.63) is 42.7 Å². The van der Waals surface area contributed by atoms with Crippen LogP contribution in [-0.4, -0.2) is 47.7 Å². The third-order valence-corrected chi connectivity index (χ3v) is 4.79. The van der Waals surface area contributed by atoms with Crippen LogP contribution in [0.2, 0.25) is 0 Å². The van der Waals surface area contributed by atoms with Crippen molar-refractivity contribution in [1.29, 1.82) is 0 Å². The molecule has 1 amide bonds. The van der Waals surface area contributed by atoms with E-state index in [9.17, 15) is 4.79 Å². The molecule has 1 saturated heterocycles. The van der Waals surface area contributed by atoms with Crippen LogP contribution in [0.1, 0.15) is 31.9 Å². The van der Waals surface area contributed by atoms with Crippen LogP contribution in [0, 0.1) is 0 Å². The minimum atomic E-state index is 0.170. The van der Waals surface area contributed by atoms with Crippen LogP contribution in [0.15, 0.2) is 37.1 Å². The number of likely N-dealkylation sites (tertiary alicyclic amines) is 1. The zero-order valence-electron chi connectivity index (χ0n) is 14.2. The molecule has 0 aromatic carbocycles. The Morgan fingerprint density at radius 3 is 3.08 bits per heavy atom. The molecule has 3 aromatic rings. The molecule has 0 radical (unpaired) electrons. The van der Waals surface area contributed by atoms with E-state index in [2.05, 4.69) is 19.9 Å². The quantitative estimate of drug-likeness (QED) is 0.729. The lowest BCUT2D eigenvalue weighted by Gasteiger charge is -2.23. The largest absolute Gasteiger partial charge is 0.340 e. The summed E-state index contributed by atoms with van der Waals surface area (Å²) < 4.78 is 1.92. The number of amides is 1. The molecule has 0 N–H and O–H groups in total. The van der Waals surface area contributed by atoms with Crippen molar-refractivity contribution < 1.29 is 4.79 Å². The van der Waals surface area contributed by atoms with Gasteiger partial charge >= 0.3 is 0 Å². The minimum absolute atomic E-state index is 0.170. The van der Waals surface area contributed by atoms with Crippen LogP contribution >= 0.6 is 0 Å². The summed E-state index contributed by atoms with van der Waals surface area (Å²) in [6.45, 7) is 2.53. The monoisotopic (exact) mass is 336 g/mol. The Balaban J connectivity index is 1.53. The van der Waals surface area contributed by atoms with Crippen LogP contribution in [-0.2, 0) is 11.2 Å². The predicted octanol–water partition coefficient (Wildman–Crippen LogP) is 2.13. The van der Waals surface area contributed by atoms with E-state index in [1.165, 1.54) is 0 Å². The zero-order valence-corrected chi connectivity index (χ0v) is 14.2. The van der Waals surface area contributed by atoms with Crippen molar-refractivity contribution in [1.82, 2.24) is 29.2 Å². The Morgan fingerprint density at radius 1 is 1.28 bits per heavy atom. The number of hydrogen-bond acceptors (Lipinski definition) is 5. The van der Waals surface area contributed by atoms with Gasteiger partial charge in [-0.05, 0) is 37.8 Å². The molecule has 7 heteroatoms.